The van der Waals surface area contributed by atoms with Gasteiger partial charge in [0.2, 0.25) is 0 Å². The van der Waals surface area contributed by atoms with Gasteiger partial charge in [0.05, 0.1) is 22.6 Å². The van der Waals surface area contributed by atoms with E-state index in [1.165, 1.54) is 16.2 Å². The Morgan fingerprint density at radius 1 is 1.12 bits per heavy atom. The molecule has 1 aliphatic heterocycles. The monoisotopic (exact) mass is 378 g/mol. The van der Waals surface area contributed by atoms with Crippen LogP contribution in [0.15, 0.2) is 24.3 Å². The molecule has 0 bridgehead atoms. The molecular formula is C18H21BF2N2O2S. The average molecular weight is 378 g/mol. The van der Waals surface area contributed by atoms with Gasteiger partial charge in [0, 0.05) is 16.9 Å². The highest BCUT2D eigenvalue weighted by molar-refractivity contribution is 7.92. The van der Waals surface area contributed by atoms with Gasteiger partial charge in [-0.2, -0.15) is 9.19 Å². The van der Waals surface area contributed by atoms with Crippen LogP contribution < -0.4 is 5.46 Å². The van der Waals surface area contributed by atoms with Crippen LogP contribution in [0.4, 0.5) is 8.28 Å². The van der Waals surface area contributed by atoms with Crippen LogP contribution in [0.2, 0.25) is 0 Å². The second-order valence-electron chi connectivity index (χ2n) is 7.96. The Morgan fingerprint density at radius 2 is 1.69 bits per heavy atom. The first-order valence-corrected chi connectivity index (χ1v) is 9.44. The second-order valence-corrected chi connectivity index (χ2v) is 8.44. The lowest BCUT2D eigenvalue weighted by Gasteiger charge is -2.32. The van der Waals surface area contributed by atoms with E-state index in [1.54, 1.807) is 12.1 Å². The first kappa shape index (κ1) is 18.0. The summed E-state index contributed by atoms with van der Waals surface area (Å²) in [6.45, 7) is 7.93. The molecule has 2 fully saturated rings. The summed E-state index contributed by atoms with van der Waals surface area (Å²) in [5.74, 6) is -0.0818. The topological polar surface area (TPSA) is 36.3 Å². The average Bonchev–Trinajstić information content (AvgIpc) is 3.29. The zero-order valence-corrected chi connectivity index (χ0v) is 16.1. The lowest BCUT2D eigenvalue weighted by molar-refractivity contribution is 0.00578. The second kappa shape index (κ2) is 6.07. The van der Waals surface area contributed by atoms with Crippen molar-refractivity contribution < 1.29 is 17.6 Å². The summed E-state index contributed by atoms with van der Waals surface area (Å²) < 4.78 is 40.7. The number of aromatic nitrogens is 2. The number of halogens is 2. The van der Waals surface area contributed by atoms with Crippen molar-refractivity contribution in [2.45, 2.75) is 57.7 Å². The summed E-state index contributed by atoms with van der Waals surface area (Å²) in [7, 11) is -0.642. The largest absolute Gasteiger partial charge is 0.499 e. The van der Waals surface area contributed by atoms with Gasteiger partial charge in [-0.15, -0.1) is 3.89 Å². The molecule has 1 saturated heterocycles. The van der Waals surface area contributed by atoms with Crippen molar-refractivity contribution in [1.29, 1.82) is 0 Å². The molecule has 26 heavy (non-hydrogen) atoms. The molecule has 0 spiro atoms. The van der Waals surface area contributed by atoms with E-state index >= 15 is 0 Å². The summed E-state index contributed by atoms with van der Waals surface area (Å²) >= 11 is 0.0755. The highest BCUT2D eigenvalue weighted by atomic mass is 32.2. The molecule has 8 heteroatoms. The molecule has 2 heterocycles. The molecule has 4 rings (SSSR count). The SMILES string of the molecule is CC1(C)OB(c2c(-c3ccc(F)cc3)nn(SF)c2C2CC2)OC1(C)C. The molecule has 1 aromatic carbocycles. The molecule has 0 N–H and O–H groups in total. The molecule has 0 radical (unpaired) electrons. The maximum atomic E-state index is 13.6. The van der Waals surface area contributed by atoms with Crippen LogP contribution in [0, 0.1) is 5.82 Å². The third-order valence-corrected chi connectivity index (χ3v) is 5.97. The standard InChI is InChI=1S/C18H21BF2N2O2S/c1-17(2)18(3,4)25-19(24-17)14-15(11-7-9-13(20)10-8-11)22-23(26-21)16(14)12-5-6-12/h7-10,12H,5-6H2,1-4H3. The summed E-state index contributed by atoms with van der Waals surface area (Å²) in [5.41, 5.74) is 1.83. The quantitative estimate of drug-likeness (QED) is 0.746. The Bertz CT molecular complexity index is 818. The smallest absolute Gasteiger partial charge is 0.399 e. The Labute approximate surface area is 156 Å². The molecule has 2 aliphatic rings. The molecule has 1 aliphatic carbocycles. The first-order chi connectivity index (χ1) is 12.2. The van der Waals surface area contributed by atoms with E-state index in [2.05, 4.69) is 5.10 Å². The van der Waals surface area contributed by atoms with E-state index in [-0.39, 0.29) is 24.1 Å². The predicted molar refractivity (Wildman–Crippen MR) is 99.4 cm³/mol. The van der Waals surface area contributed by atoms with Crippen LogP contribution in [0.3, 0.4) is 0 Å². The number of nitrogens with zero attached hydrogens (tertiary/aromatic N) is 2. The Balaban J connectivity index is 1.86. The van der Waals surface area contributed by atoms with Gasteiger partial charge in [0.1, 0.15) is 5.82 Å². The fourth-order valence-corrected chi connectivity index (χ4v) is 3.66. The first-order valence-electron chi connectivity index (χ1n) is 8.77. The Hall–Kier alpha value is -1.38. The molecule has 1 aromatic heterocycles. The fraction of sp³-hybridized carbons (Fsp3) is 0.500. The Morgan fingerprint density at radius 3 is 2.19 bits per heavy atom. The number of hydrogen-bond donors (Lipinski definition) is 0. The van der Waals surface area contributed by atoms with Crippen LogP contribution in [0.5, 0.6) is 0 Å². The summed E-state index contributed by atoms with van der Waals surface area (Å²) in [6.07, 6.45) is 1.98. The normalized spacial score (nSPS) is 21.4. The zero-order valence-electron chi connectivity index (χ0n) is 15.3. The molecule has 4 nitrogen and oxygen atoms in total. The number of hydrogen-bond acceptors (Lipinski definition) is 4. The molecule has 0 amide bonds. The van der Waals surface area contributed by atoms with Crippen molar-refractivity contribution >= 4 is 24.9 Å². The molecule has 2 aromatic rings. The van der Waals surface area contributed by atoms with E-state index in [0.29, 0.717) is 11.3 Å². The van der Waals surface area contributed by atoms with E-state index in [9.17, 15) is 8.28 Å². The van der Waals surface area contributed by atoms with Crippen LogP contribution in [0.25, 0.3) is 11.3 Å². The van der Waals surface area contributed by atoms with Gasteiger partial charge in [-0.05, 0) is 64.8 Å². The van der Waals surface area contributed by atoms with Crippen molar-refractivity contribution in [3.8, 4) is 11.3 Å². The van der Waals surface area contributed by atoms with Crippen LogP contribution in [-0.2, 0) is 9.31 Å². The third kappa shape index (κ3) is 2.88. The maximum Gasteiger partial charge on any atom is 0.499 e. The number of benzene rings is 1. The van der Waals surface area contributed by atoms with Gasteiger partial charge in [-0.25, -0.2) is 4.39 Å². The highest BCUT2D eigenvalue weighted by Gasteiger charge is 2.54. The zero-order chi connectivity index (χ0) is 18.7. The predicted octanol–water partition coefficient (Wildman–Crippen LogP) is 4.25. The molecule has 138 valence electrons. The van der Waals surface area contributed by atoms with Crippen molar-refractivity contribution in [3.63, 3.8) is 0 Å². The summed E-state index contributed by atoms with van der Waals surface area (Å²) in [6, 6.07) is 6.05. The van der Waals surface area contributed by atoms with Crippen molar-refractivity contribution in [2.24, 2.45) is 0 Å². The molecule has 0 unspecified atom stereocenters. The van der Waals surface area contributed by atoms with E-state index < -0.39 is 18.3 Å². The van der Waals surface area contributed by atoms with Gasteiger partial charge in [0.25, 0.3) is 0 Å². The van der Waals surface area contributed by atoms with Gasteiger partial charge in [0.15, 0.2) is 12.3 Å². The molecule has 1 saturated carbocycles. The minimum atomic E-state index is -0.642. The van der Waals surface area contributed by atoms with Crippen LogP contribution >= 0.6 is 12.3 Å². The highest BCUT2D eigenvalue weighted by Crippen LogP contribution is 2.44. The van der Waals surface area contributed by atoms with E-state index in [1.807, 2.05) is 27.7 Å². The lowest BCUT2D eigenvalue weighted by atomic mass is 9.75. The lowest BCUT2D eigenvalue weighted by Crippen LogP contribution is -2.41. The van der Waals surface area contributed by atoms with Crippen molar-refractivity contribution in [1.82, 2.24) is 9.19 Å². The van der Waals surface area contributed by atoms with Gasteiger partial charge < -0.3 is 9.31 Å². The molecular weight excluding hydrogens is 357 g/mol. The van der Waals surface area contributed by atoms with E-state index in [0.717, 1.165) is 24.0 Å². The molecule has 0 atom stereocenters. The maximum absolute atomic E-state index is 13.6. The summed E-state index contributed by atoms with van der Waals surface area (Å²) in [5, 5.41) is 4.45. The van der Waals surface area contributed by atoms with Gasteiger partial charge in [-0.3, -0.25) is 0 Å². The van der Waals surface area contributed by atoms with Crippen LogP contribution in [-0.4, -0.2) is 27.5 Å². The van der Waals surface area contributed by atoms with Gasteiger partial charge >= 0.3 is 7.12 Å². The fourth-order valence-electron chi connectivity index (χ4n) is 3.22. The minimum Gasteiger partial charge on any atom is -0.399 e. The van der Waals surface area contributed by atoms with Gasteiger partial charge in [-0.1, -0.05) is 0 Å². The Kier molecular flexibility index (Phi) is 4.21. The third-order valence-electron chi connectivity index (χ3n) is 5.56. The van der Waals surface area contributed by atoms with Crippen molar-refractivity contribution in [2.75, 3.05) is 0 Å². The summed E-state index contributed by atoms with van der Waals surface area (Å²) in [4.78, 5) is 0. The minimum absolute atomic E-state index is 0.0755. The van der Waals surface area contributed by atoms with E-state index in [4.69, 9.17) is 9.31 Å². The van der Waals surface area contributed by atoms with Crippen LogP contribution in [0.1, 0.15) is 52.1 Å². The number of rotatable bonds is 4. The van der Waals surface area contributed by atoms with Crippen molar-refractivity contribution in [3.05, 3.63) is 35.8 Å².